The third kappa shape index (κ3) is 5.29. The van der Waals surface area contributed by atoms with Gasteiger partial charge in [-0.2, -0.15) is 13.2 Å². The van der Waals surface area contributed by atoms with Gasteiger partial charge < -0.3 is 9.30 Å². The molecule has 0 atom stereocenters. The summed E-state index contributed by atoms with van der Waals surface area (Å²) in [6, 6.07) is 0. The van der Waals surface area contributed by atoms with Crippen molar-refractivity contribution in [2.75, 3.05) is 13.2 Å². The molecule has 1 aromatic heterocycles. The van der Waals surface area contributed by atoms with E-state index in [0.717, 1.165) is 0 Å². The van der Waals surface area contributed by atoms with Crippen molar-refractivity contribution in [1.82, 2.24) is 9.55 Å². The number of halogens is 4. The second-order valence-electron chi connectivity index (χ2n) is 4.39. The molecule has 0 spiro atoms. The molecule has 0 N–H and O–H groups in total. The maximum absolute atomic E-state index is 11.9. The highest BCUT2D eigenvalue weighted by Crippen LogP contribution is 2.20. The van der Waals surface area contributed by atoms with E-state index in [4.69, 9.17) is 10.7 Å². The van der Waals surface area contributed by atoms with E-state index in [9.17, 15) is 21.6 Å². The van der Waals surface area contributed by atoms with Crippen LogP contribution >= 0.6 is 10.7 Å². The van der Waals surface area contributed by atoms with Crippen LogP contribution in [0.5, 0.6) is 0 Å². The van der Waals surface area contributed by atoms with Gasteiger partial charge in [0.05, 0.1) is 6.61 Å². The van der Waals surface area contributed by atoms with Gasteiger partial charge in [0.25, 0.3) is 9.05 Å². The summed E-state index contributed by atoms with van der Waals surface area (Å²) in [6.07, 6.45) is -3.20. The molecule has 5 nitrogen and oxygen atoms in total. The van der Waals surface area contributed by atoms with E-state index in [2.05, 4.69) is 9.72 Å². The lowest BCUT2D eigenvalue weighted by molar-refractivity contribution is -0.174. The summed E-state index contributed by atoms with van der Waals surface area (Å²) in [7, 11) is 1.21. The summed E-state index contributed by atoms with van der Waals surface area (Å²) in [6.45, 7) is 2.06. The second-order valence-corrected chi connectivity index (χ2v) is 6.90. The third-order valence-corrected chi connectivity index (χ3v) is 3.46. The molecule has 0 aromatic carbocycles. The van der Waals surface area contributed by atoms with Crippen molar-refractivity contribution < 1.29 is 26.3 Å². The Kier molecular flexibility index (Phi) is 5.45. The number of nitrogens with zero attached hydrogens (tertiary/aromatic N) is 2. The number of hydrogen-bond donors (Lipinski definition) is 0. The van der Waals surface area contributed by atoms with Gasteiger partial charge >= 0.3 is 6.18 Å². The molecule has 116 valence electrons. The normalized spacial score (nSPS) is 13.2. The fraction of sp³-hybridized carbons (Fsp3) is 0.700. The van der Waals surface area contributed by atoms with Crippen LogP contribution in [0.3, 0.4) is 0 Å². The topological polar surface area (TPSA) is 61.2 Å². The van der Waals surface area contributed by atoms with Gasteiger partial charge in [0.2, 0.25) is 0 Å². The molecule has 0 radical (unpaired) electrons. The Balaban J connectivity index is 2.76. The first kappa shape index (κ1) is 17.3. The van der Waals surface area contributed by atoms with Crippen molar-refractivity contribution in [3.63, 3.8) is 0 Å². The maximum Gasteiger partial charge on any atom is 0.411 e. The second kappa shape index (κ2) is 6.31. The quantitative estimate of drug-likeness (QED) is 0.592. The Morgan fingerprint density at radius 3 is 2.50 bits per heavy atom. The highest BCUT2D eigenvalue weighted by Gasteiger charge is 2.27. The first-order valence-corrected chi connectivity index (χ1v) is 7.98. The van der Waals surface area contributed by atoms with E-state index in [-0.39, 0.29) is 24.1 Å². The van der Waals surface area contributed by atoms with Gasteiger partial charge in [0.15, 0.2) is 5.03 Å². The minimum absolute atomic E-state index is 0.0585. The molecule has 0 amide bonds. The van der Waals surface area contributed by atoms with E-state index >= 15 is 0 Å². The Morgan fingerprint density at radius 1 is 1.45 bits per heavy atom. The van der Waals surface area contributed by atoms with Gasteiger partial charge in [-0.05, 0) is 0 Å². The lowest BCUT2D eigenvalue weighted by atomic mass is 10.2. The van der Waals surface area contributed by atoms with Crippen LogP contribution in [0.4, 0.5) is 13.2 Å². The smallest absolute Gasteiger partial charge is 0.370 e. The molecule has 0 unspecified atom stereocenters. The highest BCUT2D eigenvalue weighted by atomic mass is 35.7. The van der Waals surface area contributed by atoms with E-state index in [1.807, 2.05) is 0 Å². The fourth-order valence-corrected chi connectivity index (χ4v) is 2.19. The van der Waals surface area contributed by atoms with Crippen molar-refractivity contribution in [1.29, 1.82) is 0 Å². The number of rotatable bonds is 6. The fourth-order valence-electron chi connectivity index (χ4n) is 1.51. The van der Waals surface area contributed by atoms with Crippen molar-refractivity contribution in [3.05, 3.63) is 12.0 Å². The molecule has 1 rings (SSSR count). The minimum Gasteiger partial charge on any atom is -0.370 e. The van der Waals surface area contributed by atoms with Gasteiger partial charge in [0.1, 0.15) is 12.4 Å². The standard InChI is InChI=1S/C10H14ClF3N2O3S/c1-7(2)9-15-8(20(11,17)18)5-16(9)3-4-19-6-10(12,13)14/h5,7H,3-4,6H2,1-2H3. The summed E-state index contributed by atoms with van der Waals surface area (Å²) in [5.41, 5.74) is 0. The molecule has 0 fully saturated rings. The summed E-state index contributed by atoms with van der Waals surface area (Å²) in [5, 5.41) is -0.321. The van der Waals surface area contributed by atoms with Crippen LogP contribution in [0.25, 0.3) is 0 Å². The Labute approximate surface area is 119 Å². The number of ether oxygens (including phenoxy) is 1. The zero-order valence-electron chi connectivity index (χ0n) is 10.8. The van der Waals surface area contributed by atoms with Crippen molar-refractivity contribution in [3.8, 4) is 0 Å². The van der Waals surface area contributed by atoms with Gasteiger partial charge in [-0.25, -0.2) is 13.4 Å². The molecule has 0 bridgehead atoms. The van der Waals surface area contributed by atoms with Crippen molar-refractivity contribution in [2.45, 2.75) is 37.5 Å². The van der Waals surface area contributed by atoms with E-state index in [0.29, 0.717) is 5.82 Å². The van der Waals surface area contributed by atoms with Gasteiger partial charge in [-0.1, -0.05) is 13.8 Å². The molecule has 0 saturated heterocycles. The van der Waals surface area contributed by atoms with Gasteiger partial charge in [-0.3, -0.25) is 0 Å². The Hall–Kier alpha value is -0.800. The first-order chi connectivity index (χ1) is 9.00. The van der Waals surface area contributed by atoms with Gasteiger partial charge in [0, 0.05) is 29.3 Å². The van der Waals surface area contributed by atoms with Crippen LogP contribution in [0, 0.1) is 0 Å². The number of imidazole rings is 1. The molecule has 0 aliphatic heterocycles. The molecule has 0 aliphatic carbocycles. The molecule has 10 heteroatoms. The average Bonchev–Trinajstić information content (AvgIpc) is 2.66. The predicted molar refractivity (Wildman–Crippen MR) is 66.2 cm³/mol. The zero-order valence-corrected chi connectivity index (χ0v) is 12.4. The largest absolute Gasteiger partial charge is 0.411 e. The van der Waals surface area contributed by atoms with E-state index in [1.165, 1.54) is 10.8 Å². The summed E-state index contributed by atoms with van der Waals surface area (Å²) in [4.78, 5) is 3.87. The van der Waals surface area contributed by atoms with Crippen LogP contribution in [-0.2, 0) is 20.3 Å². The molecular weight excluding hydrogens is 321 g/mol. The third-order valence-electron chi connectivity index (χ3n) is 2.29. The van der Waals surface area contributed by atoms with Gasteiger partial charge in [-0.15, -0.1) is 0 Å². The van der Waals surface area contributed by atoms with Crippen molar-refractivity contribution in [2.24, 2.45) is 0 Å². The number of hydrogen-bond acceptors (Lipinski definition) is 4. The molecule has 1 aromatic rings. The minimum atomic E-state index is -4.39. The Morgan fingerprint density at radius 2 is 2.05 bits per heavy atom. The summed E-state index contributed by atoms with van der Waals surface area (Å²) < 4.78 is 64.0. The molecular formula is C10H14ClF3N2O3S. The monoisotopic (exact) mass is 334 g/mol. The average molecular weight is 335 g/mol. The zero-order chi connectivity index (χ0) is 15.6. The van der Waals surface area contributed by atoms with Crippen LogP contribution in [-0.4, -0.2) is 37.4 Å². The summed E-state index contributed by atoms with van der Waals surface area (Å²) >= 11 is 0. The first-order valence-electron chi connectivity index (χ1n) is 5.67. The predicted octanol–water partition coefficient (Wildman–Crippen LogP) is 2.51. The molecule has 0 saturated carbocycles. The van der Waals surface area contributed by atoms with E-state index < -0.39 is 21.8 Å². The number of aromatic nitrogens is 2. The molecule has 0 aliphatic rings. The SMILES string of the molecule is CC(C)c1nc(S(=O)(=O)Cl)cn1CCOCC(F)(F)F. The molecule has 20 heavy (non-hydrogen) atoms. The molecule has 1 heterocycles. The van der Waals surface area contributed by atoms with Crippen LogP contribution in [0.1, 0.15) is 25.6 Å². The van der Waals surface area contributed by atoms with Crippen LogP contribution in [0.2, 0.25) is 0 Å². The lowest BCUT2D eigenvalue weighted by Gasteiger charge is -2.11. The maximum atomic E-state index is 11.9. The lowest BCUT2D eigenvalue weighted by Crippen LogP contribution is -2.19. The van der Waals surface area contributed by atoms with Crippen LogP contribution in [0.15, 0.2) is 11.2 Å². The van der Waals surface area contributed by atoms with E-state index in [1.54, 1.807) is 13.8 Å². The Bertz CT molecular complexity index is 555. The van der Waals surface area contributed by atoms with Crippen molar-refractivity contribution >= 4 is 19.7 Å². The van der Waals surface area contributed by atoms with Crippen LogP contribution < -0.4 is 0 Å². The highest BCUT2D eigenvalue weighted by molar-refractivity contribution is 8.13. The summed E-state index contributed by atoms with van der Waals surface area (Å²) in [5.74, 6) is 0.310. The number of alkyl halides is 3.